The number of hydrogen-bond acceptors (Lipinski definition) is 7. The summed E-state index contributed by atoms with van der Waals surface area (Å²) >= 11 is 0. The molecular formula is C14H19N3O5S. The second-order valence-corrected chi connectivity index (χ2v) is 7.67. The lowest BCUT2D eigenvalue weighted by atomic mass is 10.0. The van der Waals surface area contributed by atoms with E-state index >= 15 is 0 Å². The smallest absolute Gasteiger partial charge is 0.260 e. The maximum Gasteiger partial charge on any atom is 0.260 e. The monoisotopic (exact) mass is 341 g/mol. The maximum absolute atomic E-state index is 12.7. The summed E-state index contributed by atoms with van der Waals surface area (Å²) in [6.45, 7) is 5.22. The van der Waals surface area contributed by atoms with Crippen molar-refractivity contribution < 1.29 is 22.5 Å². The van der Waals surface area contributed by atoms with Gasteiger partial charge in [-0.2, -0.15) is 9.29 Å². The van der Waals surface area contributed by atoms with E-state index in [0.29, 0.717) is 23.8 Å². The number of nitrogens with zero attached hydrogens (tertiary/aromatic N) is 3. The van der Waals surface area contributed by atoms with Crippen molar-refractivity contribution in [1.82, 2.24) is 14.4 Å². The second kappa shape index (κ2) is 5.43. The number of aliphatic hydroxyl groups is 1. The number of rotatable bonds is 4. The standard InChI is InChI=1S/C14H19N3O5S/c1-4-12-15-13(22-16-12)14(18)5-6-17(8-14)23(19,20)11-7-9(2)21-10(11)3/h7,18H,4-6,8H2,1-3H3. The van der Waals surface area contributed by atoms with Gasteiger partial charge in [0.15, 0.2) is 11.4 Å². The molecule has 8 nitrogen and oxygen atoms in total. The molecule has 1 unspecified atom stereocenters. The van der Waals surface area contributed by atoms with Gasteiger partial charge >= 0.3 is 0 Å². The van der Waals surface area contributed by atoms with Gasteiger partial charge in [-0.1, -0.05) is 12.1 Å². The SMILES string of the molecule is CCc1noc(C2(O)CCN(S(=O)(=O)c3cc(C)oc3C)C2)n1. The van der Waals surface area contributed by atoms with Gasteiger partial charge < -0.3 is 14.0 Å². The highest BCUT2D eigenvalue weighted by atomic mass is 32.2. The average molecular weight is 341 g/mol. The fourth-order valence-corrected chi connectivity index (χ4v) is 4.44. The molecule has 3 rings (SSSR count). The Balaban J connectivity index is 1.88. The molecule has 1 N–H and O–H groups in total. The minimum absolute atomic E-state index is 0.0622. The highest BCUT2D eigenvalue weighted by Gasteiger charge is 2.47. The van der Waals surface area contributed by atoms with E-state index in [-0.39, 0.29) is 30.3 Å². The molecule has 0 aromatic carbocycles. The summed E-state index contributed by atoms with van der Waals surface area (Å²) in [5.41, 5.74) is -1.46. The molecule has 2 aromatic heterocycles. The molecule has 0 spiro atoms. The van der Waals surface area contributed by atoms with Crippen molar-refractivity contribution in [2.24, 2.45) is 0 Å². The first kappa shape index (κ1) is 16.2. The van der Waals surface area contributed by atoms with E-state index in [1.54, 1.807) is 13.8 Å². The number of β-amino-alcohol motifs (C(OH)–C–C–N with tert-alkyl or cyclic N) is 1. The van der Waals surface area contributed by atoms with E-state index < -0.39 is 15.6 Å². The quantitative estimate of drug-likeness (QED) is 0.887. The summed E-state index contributed by atoms with van der Waals surface area (Å²) in [6.07, 6.45) is 0.780. The van der Waals surface area contributed by atoms with Gasteiger partial charge in [0.25, 0.3) is 5.89 Å². The summed E-state index contributed by atoms with van der Waals surface area (Å²) in [6, 6.07) is 1.49. The number of aromatic nitrogens is 2. The zero-order valence-electron chi connectivity index (χ0n) is 13.2. The first-order valence-corrected chi connectivity index (χ1v) is 8.83. The molecule has 0 bridgehead atoms. The second-order valence-electron chi connectivity index (χ2n) is 5.77. The Bertz CT molecular complexity index is 825. The van der Waals surface area contributed by atoms with Gasteiger partial charge in [-0.15, -0.1) is 0 Å². The van der Waals surface area contributed by atoms with Crippen LogP contribution in [0.1, 0.15) is 36.6 Å². The van der Waals surface area contributed by atoms with Gasteiger partial charge in [0.1, 0.15) is 16.4 Å². The number of hydrogen-bond donors (Lipinski definition) is 1. The van der Waals surface area contributed by atoms with Crippen LogP contribution in [0.3, 0.4) is 0 Å². The van der Waals surface area contributed by atoms with Crippen molar-refractivity contribution in [2.75, 3.05) is 13.1 Å². The Morgan fingerprint density at radius 3 is 2.74 bits per heavy atom. The third kappa shape index (κ3) is 2.68. The van der Waals surface area contributed by atoms with Crippen LogP contribution in [0.5, 0.6) is 0 Å². The lowest BCUT2D eigenvalue weighted by Crippen LogP contribution is -2.34. The molecule has 0 aliphatic carbocycles. The molecule has 1 fully saturated rings. The van der Waals surface area contributed by atoms with Crippen molar-refractivity contribution in [3.63, 3.8) is 0 Å². The molecule has 0 saturated carbocycles. The topological polar surface area (TPSA) is 110 Å². The Labute approximate surface area is 134 Å². The van der Waals surface area contributed by atoms with Crippen molar-refractivity contribution in [3.05, 3.63) is 29.3 Å². The number of furan rings is 1. The molecule has 0 radical (unpaired) electrons. The minimum Gasteiger partial charge on any atom is -0.465 e. The summed E-state index contributed by atoms with van der Waals surface area (Å²) in [5.74, 6) is 1.41. The van der Waals surface area contributed by atoms with Crippen LogP contribution in [0, 0.1) is 13.8 Å². The Morgan fingerprint density at radius 1 is 1.43 bits per heavy atom. The van der Waals surface area contributed by atoms with E-state index in [4.69, 9.17) is 8.94 Å². The molecule has 9 heteroatoms. The third-order valence-corrected chi connectivity index (χ3v) is 5.96. The lowest BCUT2D eigenvalue weighted by molar-refractivity contribution is 0.0194. The fraction of sp³-hybridized carbons (Fsp3) is 0.571. The van der Waals surface area contributed by atoms with Crippen LogP contribution >= 0.6 is 0 Å². The average Bonchev–Trinajstić information content (AvgIpc) is 3.18. The number of sulfonamides is 1. The molecule has 3 heterocycles. The van der Waals surface area contributed by atoms with Crippen LogP contribution in [-0.4, -0.2) is 41.1 Å². The van der Waals surface area contributed by atoms with E-state index in [1.165, 1.54) is 10.4 Å². The predicted octanol–water partition coefficient (Wildman–Crippen LogP) is 1.12. The summed E-state index contributed by atoms with van der Waals surface area (Å²) in [4.78, 5) is 4.25. The molecule has 0 amide bonds. The Morgan fingerprint density at radius 2 is 2.17 bits per heavy atom. The summed E-state index contributed by atoms with van der Waals surface area (Å²) in [5, 5.41) is 14.5. The highest BCUT2D eigenvalue weighted by molar-refractivity contribution is 7.89. The van der Waals surface area contributed by atoms with E-state index in [9.17, 15) is 13.5 Å². The van der Waals surface area contributed by atoms with Crippen LogP contribution < -0.4 is 0 Å². The first-order valence-electron chi connectivity index (χ1n) is 7.39. The first-order chi connectivity index (χ1) is 10.8. The van der Waals surface area contributed by atoms with Crippen LogP contribution in [0.25, 0.3) is 0 Å². The predicted molar refractivity (Wildman–Crippen MR) is 79.1 cm³/mol. The van der Waals surface area contributed by atoms with Gasteiger partial charge in [0, 0.05) is 19.4 Å². The van der Waals surface area contributed by atoms with Crippen LogP contribution in [0.15, 0.2) is 19.9 Å². The lowest BCUT2D eigenvalue weighted by Gasteiger charge is -2.19. The molecule has 1 saturated heterocycles. The zero-order valence-corrected chi connectivity index (χ0v) is 14.1. The fourth-order valence-electron chi connectivity index (χ4n) is 2.73. The van der Waals surface area contributed by atoms with Crippen molar-refractivity contribution in [2.45, 2.75) is 44.1 Å². The van der Waals surface area contributed by atoms with E-state index in [0.717, 1.165) is 0 Å². The van der Waals surface area contributed by atoms with Crippen LogP contribution in [0.2, 0.25) is 0 Å². The van der Waals surface area contributed by atoms with Gasteiger partial charge in [-0.25, -0.2) is 8.42 Å². The van der Waals surface area contributed by atoms with Crippen molar-refractivity contribution in [3.8, 4) is 0 Å². The molecule has 2 aromatic rings. The maximum atomic E-state index is 12.7. The summed E-state index contributed by atoms with van der Waals surface area (Å²) < 4.78 is 37.1. The van der Waals surface area contributed by atoms with Crippen LogP contribution in [-0.2, 0) is 22.0 Å². The Kier molecular flexibility index (Phi) is 3.81. The van der Waals surface area contributed by atoms with E-state index in [1.807, 2.05) is 6.92 Å². The van der Waals surface area contributed by atoms with Gasteiger partial charge in [-0.05, 0) is 19.9 Å². The van der Waals surface area contributed by atoms with Crippen molar-refractivity contribution in [1.29, 1.82) is 0 Å². The largest absolute Gasteiger partial charge is 0.465 e. The third-order valence-electron chi connectivity index (χ3n) is 4.01. The Hall–Kier alpha value is -1.71. The van der Waals surface area contributed by atoms with Gasteiger partial charge in [0.2, 0.25) is 10.0 Å². The summed E-state index contributed by atoms with van der Waals surface area (Å²) in [7, 11) is -3.74. The molecule has 1 aliphatic rings. The zero-order chi connectivity index (χ0) is 16.8. The molecule has 126 valence electrons. The van der Waals surface area contributed by atoms with E-state index in [2.05, 4.69) is 10.1 Å². The molecule has 23 heavy (non-hydrogen) atoms. The van der Waals surface area contributed by atoms with Crippen LogP contribution in [0.4, 0.5) is 0 Å². The number of aryl methyl sites for hydroxylation is 3. The molecule has 1 atom stereocenters. The normalized spacial score (nSPS) is 22.8. The minimum atomic E-state index is -3.74. The van der Waals surface area contributed by atoms with Gasteiger partial charge in [0.05, 0.1) is 6.54 Å². The molecular weight excluding hydrogens is 322 g/mol. The van der Waals surface area contributed by atoms with Gasteiger partial charge in [-0.3, -0.25) is 0 Å². The van der Waals surface area contributed by atoms with Crippen molar-refractivity contribution >= 4 is 10.0 Å². The highest BCUT2D eigenvalue weighted by Crippen LogP contribution is 2.35. The molecule has 1 aliphatic heterocycles.